The molecule has 1 fully saturated rings. The Balaban J connectivity index is 2.30. The molecule has 0 unspecified atom stereocenters. The van der Waals surface area contributed by atoms with Gasteiger partial charge in [-0.1, -0.05) is 6.92 Å². The summed E-state index contributed by atoms with van der Waals surface area (Å²) in [4.78, 5) is 10.2. The molecule has 0 amide bonds. The standard InChI is InChI=1S/C9H16O2/c1-9(3-2-6-10)4-7-11-8-5-9/h6H,2-5,7-8H2,1H3. The molecule has 0 aliphatic carbocycles. The van der Waals surface area contributed by atoms with Crippen LogP contribution in [0.3, 0.4) is 0 Å². The minimum atomic E-state index is 0.374. The predicted octanol–water partition coefficient (Wildman–Crippen LogP) is 1.78. The van der Waals surface area contributed by atoms with Crippen LogP contribution in [0.2, 0.25) is 0 Å². The second-order valence-electron chi connectivity index (χ2n) is 3.63. The molecule has 0 spiro atoms. The normalized spacial score (nSPS) is 23.0. The second-order valence-corrected chi connectivity index (χ2v) is 3.63. The summed E-state index contributed by atoms with van der Waals surface area (Å²) in [6.07, 6.45) is 4.97. The Morgan fingerprint density at radius 2 is 2.09 bits per heavy atom. The van der Waals surface area contributed by atoms with E-state index >= 15 is 0 Å². The fourth-order valence-corrected chi connectivity index (χ4v) is 1.52. The van der Waals surface area contributed by atoms with Crippen molar-refractivity contribution < 1.29 is 9.53 Å². The van der Waals surface area contributed by atoms with E-state index in [0.29, 0.717) is 11.8 Å². The van der Waals surface area contributed by atoms with Gasteiger partial charge in [-0.25, -0.2) is 0 Å². The van der Waals surface area contributed by atoms with Crippen LogP contribution in [0.15, 0.2) is 0 Å². The van der Waals surface area contributed by atoms with Crippen molar-refractivity contribution in [3.05, 3.63) is 0 Å². The van der Waals surface area contributed by atoms with Crippen molar-refractivity contribution >= 4 is 6.29 Å². The lowest BCUT2D eigenvalue weighted by Gasteiger charge is -2.32. The van der Waals surface area contributed by atoms with E-state index in [2.05, 4.69) is 6.92 Å². The maximum Gasteiger partial charge on any atom is 0.120 e. The van der Waals surface area contributed by atoms with Crippen molar-refractivity contribution in [2.24, 2.45) is 5.41 Å². The summed E-state index contributed by atoms with van der Waals surface area (Å²) in [5.41, 5.74) is 0.374. The lowest BCUT2D eigenvalue weighted by atomic mass is 9.79. The van der Waals surface area contributed by atoms with Crippen molar-refractivity contribution in [1.82, 2.24) is 0 Å². The Bertz CT molecular complexity index is 126. The molecule has 0 saturated carbocycles. The minimum Gasteiger partial charge on any atom is -0.381 e. The van der Waals surface area contributed by atoms with Gasteiger partial charge in [0.25, 0.3) is 0 Å². The number of carbonyl (C=O) groups is 1. The van der Waals surface area contributed by atoms with Crippen LogP contribution in [-0.2, 0) is 9.53 Å². The Morgan fingerprint density at radius 1 is 1.45 bits per heavy atom. The Labute approximate surface area is 67.9 Å². The first kappa shape index (κ1) is 8.72. The van der Waals surface area contributed by atoms with Gasteiger partial charge in [0, 0.05) is 19.6 Å². The third-order valence-corrected chi connectivity index (χ3v) is 2.57. The van der Waals surface area contributed by atoms with Crippen LogP contribution < -0.4 is 0 Å². The third kappa shape index (κ3) is 2.62. The molecule has 11 heavy (non-hydrogen) atoms. The summed E-state index contributed by atoms with van der Waals surface area (Å²) >= 11 is 0. The molecule has 0 aromatic carbocycles. The Morgan fingerprint density at radius 3 is 2.64 bits per heavy atom. The van der Waals surface area contributed by atoms with E-state index in [1.807, 2.05) is 0 Å². The van der Waals surface area contributed by atoms with Gasteiger partial charge in [-0.3, -0.25) is 0 Å². The predicted molar refractivity (Wildman–Crippen MR) is 43.5 cm³/mol. The zero-order valence-corrected chi connectivity index (χ0v) is 7.14. The Hall–Kier alpha value is -0.370. The van der Waals surface area contributed by atoms with Gasteiger partial charge in [0.2, 0.25) is 0 Å². The first-order valence-electron chi connectivity index (χ1n) is 4.28. The highest BCUT2D eigenvalue weighted by Gasteiger charge is 2.26. The van der Waals surface area contributed by atoms with Gasteiger partial charge >= 0.3 is 0 Å². The highest BCUT2D eigenvalue weighted by Crippen LogP contribution is 2.33. The fraction of sp³-hybridized carbons (Fsp3) is 0.889. The Kier molecular flexibility index (Phi) is 3.06. The zero-order valence-electron chi connectivity index (χ0n) is 7.14. The van der Waals surface area contributed by atoms with Gasteiger partial charge in [0.1, 0.15) is 6.29 Å². The lowest BCUT2D eigenvalue weighted by molar-refractivity contribution is -0.108. The largest absolute Gasteiger partial charge is 0.381 e. The molecule has 0 atom stereocenters. The van der Waals surface area contributed by atoms with E-state index in [1.165, 1.54) is 0 Å². The summed E-state index contributed by atoms with van der Waals surface area (Å²) < 4.78 is 5.26. The van der Waals surface area contributed by atoms with Gasteiger partial charge < -0.3 is 9.53 Å². The summed E-state index contributed by atoms with van der Waals surface area (Å²) in [6, 6.07) is 0. The zero-order chi connectivity index (χ0) is 8.16. The van der Waals surface area contributed by atoms with Crippen LogP contribution in [0, 0.1) is 5.41 Å². The van der Waals surface area contributed by atoms with E-state index in [9.17, 15) is 4.79 Å². The van der Waals surface area contributed by atoms with Gasteiger partial charge in [-0.15, -0.1) is 0 Å². The topological polar surface area (TPSA) is 26.3 Å². The van der Waals surface area contributed by atoms with Crippen molar-refractivity contribution in [1.29, 1.82) is 0 Å². The number of hydrogen-bond donors (Lipinski definition) is 0. The molecule has 0 aromatic rings. The summed E-state index contributed by atoms with van der Waals surface area (Å²) in [5.74, 6) is 0. The average Bonchev–Trinajstić information content (AvgIpc) is 2.03. The molecule has 0 radical (unpaired) electrons. The van der Waals surface area contributed by atoms with Crippen LogP contribution >= 0.6 is 0 Å². The van der Waals surface area contributed by atoms with Crippen LogP contribution in [0.25, 0.3) is 0 Å². The molecular weight excluding hydrogens is 140 g/mol. The van der Waals surface area contributed by atoms with Crippen LogP contribution in [-0.4, -0.2) is 19.5 Å². The summed E-state index contributed by atoms with van der Waals surface area (Å²) in [5, 5.41) is 0. The van der Waals surface area contributed by atoms with Gasteiger partial charge in [-0.05, 0) is 24.7 Å². The molecule has 1 saturated heterocycles. The molecule has 0 N–H and O–H groups in total. The summed E-state index contributed by atoms with van der Waals surface area (Å²) in [6.45, 7) is 3.99. The van der Waals surface area contributed by atoms with Crippen molar-refractivity contribution in [2.45, 2.75) is 32.6 Å². The van der Waals surface area contributed by atoms with Gasteiger partial charge in [0.15, 0.2) is 0 Å². The monoisotopic (exact) mass is 156 g/mol. The van der Waals surface area contributed by atoms with E-state index < -0.39 is 0 Å². The van der Waals surface area contributed by atoms with Gasteiger partial charge in [0.05, 0.1) is 0 Å². The molecule has 1 heterocycles. The van der Waals surface area contributed by atoms with Crippen molar-refractivity contribution in [3.8, 4) is 0 Å². The molecule has 2 heteroatoms. The maximum atomic E-state index is 10.2. The molecular formula is C9H16O2. The van der Waals surface area contributed by atoms with E-state index in [4.69, 9.17) is 4.74 Å². The number of hydrogen-bond acceptors (Lipinski definition) is 2. The van der Waals surface area contributed by atoms with E-state index in [1.54, 1.807) is 0 Å². The van der Waals surface area contributed by atoms with Crippen molar-refractivity contribution in [2.75, 3.05) is 13.2 Å². The quantitative estimate of drug-likeness (QED) is 0.582. The highest BCUT2D eigenvalue weighted by molar-refractivity contribution is 5.49. The number of rotatable bonds is 3. The van der Waals surface area contributed by atoms with Gasteiger partial charge in [-0.2, -0.15) is 0 Å². The third-order valence-electron chi connectivity index (χ3n) is 2.57. The lowest BCUT2D eigenvalue weighted by Crippen LogP contribution is -2.26. The average molecular weight is 156 g/mol. The summed E-state index contributed by atoms with van der Waals surface area (Å²) in [7, 11) is 0. The van der Waals surface area contributed by atoms with Crippen LogP contribution in [0.1, 0.15) is 32.6 Å². The molecule has 1 aliphatic rings. The van der Waals surface area contributed by atoms with E-state index in [0.717, 1.165) is 38.8 Å². The van der Waals surface area contributed by atoms with Crippen LogP contribution in [0.5, 0.6) is 0 Å². The van der Waals surface area contributed by atoms with E-state index in [-0.39, 0.29) is 0 Å². The molecule has 1 rings (SSSR count). The first-order valence-corrected chi connectivity index (χ1v) is 4.28. The minimum absolute atomic E-state index is 0.374. The maximum absolute atomic E-state index is 10.2. The molecule has 0 aromatic heterocycles. The SMILES string of the molecule is CC1(CCC=O)CCOCC1. The first-order chi connectivity index (χ1) is 5.27. The fourth-order valence-electron chi connectivity index (χ4n) is 1.52. The van der Waals surface area contributed by atoms with Crippen molar-refractivity contribution in [3.63, 3.8) is 0 Å². The molecule has 64 valence electrons. The number of carbonyl (C=O) groups excluding carboxylic acids is 1. The van der Waals surface area contributed by atoms with Crippen LogP contribution in [0.4, 0.5) is 0 Å². The molecule has 1 aliphatic heterocycles. The molecule has 0 bridgehead atoms. The highest BCUT2D eigenvalue weighted by atomic mass is 16.5. The second kappa shape index (κ2) is 3.86. The number of ether oxygens (including phenoxy) is 1. The molecule has 2 nitrogen and oxygen atoms in total. The number of aldehydes is 1. The smallest absolute Gasteiger partial charge is 0.120 e.